The Morgan fingerprint density at radius 2 is 1.42 bits per heavy atom. The fourth-order valence-electron chi connectivity index (χ4n) is 1.80. The van der Waals surface area contributed by atoms with Crippen molar-refractivity contribution < 1.29 is 0 Å². The summed E-state index contributed by atoms with van der Waals surface area (Å²) < 4.78 is 0. The third-order valence-electron chi connectivity index (χ3n) is 3.14. The number of anilines is 2. The quantitative estimate of drug-likeness (QED) is 0.649. The lowest BCUT2D eigenvalue weighted by atomic mass is 10.2. The van der Waals surface area contributed by atoms with E-state index in [2.05, 4.69) is 15.5 Å². The van der Waals surface area contributed by atoms with Crippen LogP contribution in [0.4, 0.5) is 22.7 Å². The van der Waals surface area contributed by atoms with Crippen molar-refractivity contribution in [1.82, 2.24) is 0 Å². The monoisotopic (exact) mass is 316 g/mol. The number of nitriles is 2. The highest BCUT2D eigenvalue weighted by Gasteiger charge is 1.96. The second-order valence-electron chi connectivity index (χ2n) is 5.08. The maximum absolute atomic E-state index is 8.66. The van der Waals surface area contributed by atoms with Crippen LogP contribution < -0.4 is 10.2 Å². The number of rotatable bonds is 5. The summed E-state index contributed by atoms with van der Waals surface area (Å²) in [5.41, 5.74) is 3.36. The van der Waals surface area contributed by atoms with Crippen molar-refractivity contribution in [3.8, 4) is 12.1 Å². The molecule has 0 fully saturated rings. The molecule has 0 unspecified atom stereocenters. The van der Waals surface area contributed by atoms with Gasteiger partial charge in [-0.05, 0) is 48.5 Å². The topological polar surface area (TPSA) is 87.6 Å². The minimum atomic E-state index is 0.0138. The van der Waals surface area contributed by atoms with Gasteiger partial charge in [-0.1, -0.05) is 0 Å². The van der Waals surface area contributed by atoms with Gasteiger partial charge in [-0.2, -0.15) is 20.8 Å². The SMILES string of the molecule is CN(C)c1ccc(N=Nc2ccc(NC=C(C#N)C#N)cc2)cc1. The van der Waals surface area contributed by atoms with E-state index < -0.39 is 0 Å². The summed E-state index contributed by atoms with van der Waals surface area (Å²) in [4.78, 5) is 2.02. The zero-order valence-electron chi connectivity index (χ0n) is 13.4. The lowest BCUT2D eigenvalue weighted by molar-refractivity contribution is 1.13. The van der Waals surface area contributed by atoms with Crippen LogP contribution >= 0.6 is 0 Å². The van der Waals surface area contributed by atoms with Crippen molar-refractivity contribution in [2.75, 3.05) is 24.3 Å². The molecule has 2 rings (SSSR count). The van der Waals surface area contributed by atoms with E-state index in [0.717, 1.165) is 17.1 Å². The van der Waals surface area contributed by atoms with E-state index >= 15 is 0 Å². The van der Waals surface area contributed by atoms with Gasteiger partial charge in [-0.15, -0.1) is 0 Å². The molecule has 0 bridgehead atoms. The predicted octanol–water partition coefficient (Wildman–Crippen LogP) is 4.51. The van der Waals surface area contributed by atoms with E-state index in [1.807, 2.05) is 43.3 Å². The third kappa shape index (κ3) is 4.69. The number of hydrogen-bond acceptors (Lipinski definition) is 6. The maximum atomic E-state index is 8.66. The van der Waals surface area contributed by atoms with Crippen molar-refractivity contribution in [2.45, 2.75) is 0 Å². The maximum Gasteiger partial charge on any atom is 0.145 e. The number of nitrogens with zero attached hydrogens (tertiary/aromatic N) is 5. The van der Waals surface area contributed by atoms with Crippen LogP contribution in [-0.2, 0) is 0 Å². The Balaban J connectivity index is 2.02. The Morgan fingerprint density at radius 1 is 0.917 bits per heavy atom. The van der Waals surface area contributed by atoms with Gasteiger partial charge in [-0.25, -0.2) is 0 Å². The highest BCUT2D eigenvalue weighted by atomic mass is 15.1. The fraction of sp³-hybridized carbons (Fsp3) is 0.111. The molecule has 0 aliphatic carbocycles. The van der Waals surface area contributed by atoms with Crippen LogP contribution in [0, 0.1) is 22.7 Å². The molecule has 1 N–H and O–H groups in total. The molecular formula is C18H16N6. The molecule has 0 aliphatic heterocycles. The summed E-state index contributed by atoms with van der Waals surface area (Å²) >= 11 is 0. The van der Waals surface area contributed by atoms with E-state index in [9.17, 15) is 0 Å². The molecule has 24 heavy (non-hydrogen) atoms. The van der Waals surface area contributed by atoms with Gasteiger partial charge in [0.1, 0.15) is 17.7 Å². The Bertz CT molecular complexity index is 802. The number of azo groups is 1. The highest BCUT2D eigenvalue weighted by molar-refractivity contribution is 5.55. The van der Waals surface area contributed by atoms with E-state index in [1.165, 1.54) is 6.20 Å². The first-order valence-corrected chi connectivity index (χ1v) is 7.18. The van der Waals surface area contributed by atoms with Gasteiger partial charge >= 0.3 is 0 Å². The normalized spacial score (nSPS) is 9.83. The standard InChI is InChI=1S/C18H16N6/c1-24(2)18-9-7-17(8-10-18)23-22-16-5-3-15(4-6-16)21-13-14(11-19)12-20/h3-10,13,21H,1-2H3. The van der Waals surface area contributed by atoms with Crippen LogP contribution in [0.25, 0.3) is 0 Å². The first-order valence-electron chi connectivity index (χ1n) is 7.18. The van der Waals surface area contributed by atoms with E-state index in [-0.39, 0.29) is 5.57 Å². The third-order valence-corrected chi connectivity index (χ3v) is 3.14. The summed E-state index contributed by atoms with van der Waals surface area (Å²) in [6.07, 6.45) is 1.36. The highest BCUT2D eigenvalue weighted by Crippen LogP contribution is 2.22. The van der Waals surface area contributed by atoms with Crippen LogP contribution in [0.15, 0.2) is 70.5 Å². The van der Waals surface area contributed by atoms with Gasteiger partial charge in [-0.3, -0.25) is 0 Å². The van der Waals surface area contributed by atoms with E-state index in [0.29, 0.717) is 5.69 Å². The van der Waals surface area contributed by atoms with Crippen molar-refractivity contribution in [2.24, 2.45) is 10.2 Å². The Labute approximate surface area is 141 Å². The van der Waals surface area contributed by atoms with Crippen LogP contribution in [0.1, 0.15) is 0 Å². The minimum Gasteiger partial charge on any atom is -0.378 e. The number of benzene rings is 2. The molecule has 0 saturated carbocycles. The molecule has 0 heterocycles. The van der Waals surface area contributed by atoms with Gasteiger partial charge in [0.2, 0.25) is 0 Å². The summed E-state index contributed by atoms with van der Waals surface area (Å²) in [5.74, 6) is 0. The van der Waals surface area contributed by atoms with E-state index in [1.54, 1.807) is 36.4 Å². The molecule has 0 aliphatic rings. The summed E-state index contributed by atoms with van der Waals surface area (Å²) in [7, 11) is 3.97. The number of allylic oxidation sites excluding steroid dienone is 1. The van der Waals surface area contributed by atoms with Crippen molar-refractivity contribution >= 4 is 22.7 Å². The van der Waals surface area contributed by atoms with Crippen LogP contribution in [0.5, 0.6) is 0 Å². The van der Waals surface area contributed by atoms with Gasteiger partial charge in [0, 0.05) is 31.7 Å². The molecule has 6 nitrogen and oxygen atoms in total. The summed E-state index contributed by atoms with van der Waals surface area (Å²) in [6.45, 7) is 0. The molecule has 0 amide bonds. The lowest BCUT2D eigenvalue weighted by Gasteiger charge is -2.11. The van der Waals surface area contributed by atoms with Crippen molar-refractivity contribution in [3.05, 3.63) is 60.3 Å². The van der Waals surface area contributed by atoms with Gasteiger partial charge in [0.05, 0.1) is 11.4 Å². The lowest BCUT2D eigenvalue weighted by Crippen LogP contribution is -2.07. The summed E-state index contributed by atoms with van der Waals surface area (Å²) in [6, 6.07) is 18.5. The summed E-state index contributed by atoms with van der Waals surface area (Å²) in [5, 5.41) is 28.6. The average Bonchev–Trinajstić information content (AvgIpc) is 2.62. The predicted molar refractivity (Wildman–Crippen MR) is 94.3 cm³/mol. The molecular weight excluding hydrogens is 300 g/mol. The van der Waals surface area contributed by atoms with Crippen LogP contribution in [-0.4, -0.2) is 14.1 Å². The van der Waals surface area contributed by atoms with E-state index in [4.69, 9.17) is 10.5 Å². The number of nitrogens with one attached hydrogen (secondary N) is 1. The van der Waals surface area contributed by atoms with Gasteiger partial charge in [0.25, 0.3) is 0 Å². The second-order valence-corrected chi connectivity index (χ2v) is 5.08. The smallest absolute Gasteiger partial charge is 0.145 e. The first kappa shape index (κ1) is 16.7. The molecule has 118 valence electrons. The second kappa shape index (κ2) is 8.11. The Kier molecular flexibility index (Phi) is 5.65. The van der Waals surface area contributed by atoms with Crippen LogP contribution in [0.2, 0.25) is 0 Å². The molecule has 0 atom stereocenters. The minimum absolute atomic E-state index is 0.0138. The van der Waals surface area contributed by atoms with Gasteiger partial charge < -0.3 is 10.2 Å². The largest absolute Gasteiger partial charge is 0.378 e. The Hall–Kier alpha value is -3.64. The molecule has 0 spiro atoms. The fourth-order valence-corrected chi connectivity index (χ4v) is 1.80. The average molecular weight is 316 g/mol. The zero-order valence-corrected chi connectivity index (χ0v) is 13.4. The first-order chi connectivity index (χ1) is 11.6. The molecule has 0 aromatic heterocycles. The molecule has 0 saturated heterocycles. The molecule has 2 aromatic rings. The molecule has 0 radical (unpaired) electrons. The Morgan fingerprint density at radius 3 is 1.88 bits per heavy atom. The van der Waals surface area contributed by atoms with Crippen LogP contribution in [0.3, 0.4) is 0 Å². The van der Waals surface area contributed by atoms with Gasteiger partial charge in [0.15, 0.2) is 0 Å². The number of hydrogen-bond donors (Lipinski definition) is 1. The zero-order chi connectivity index (χ0) is 17.4. The molecule has 6 heteroatoms. The molecule has 2 aromatic carbocycles. The van der Waals surface area contributed by atoms with Crippen molar-refractivity contribution in [3.63, 3.8) is 0 Å². The van der Waals surface area contributed by atoms with Crippen molar-refractivity contribution in [1.29, 1.82) is 10.5 Å².